The van der Waals surface area contributed by atoms with Crippen molar-refractivity contribution in [2.75, 3.05) is 6.54 Å². The molecular weight excluding hydrogens is 318 g/mol. The Morgan fingerprint density at radius 3 is 2.89 bits per heavy atom. The highest BCUT2D eigenvalue weighted by atomic mass is 79.9. The van der Waals surface area contributed by atoms with E-state index in [1.165, 1.54) is 45.8 Å². The lowest BCUT2D eigenvalue weighted by Crippen LogP contribution is -2.26. The minimum absolute atomic E-state index is 0.538. The zero-order valence-electron chi connectivity index (χ0n) is 11.3. The summed E-state index contributed by atoms with van der Waals surface area (Å²) in [5.41, 5.74) is 1.51. The molecule has 1 atom stereocenters. The average molecular weight is 338 g/mol. The van der Waals surface area contributed by atoms with Crippen molar-refractivity contribution in [3.63, 3.8) is 0 Å². The molecule has 1 unspecified atom stereocenters. The fraction of sp³-hybridized carbons (Fsp3) is 0.500. The van der Waals surface area contributed by atoms with Gasteiger partial charge in [-0.05, 0) is 63.6 Å². The van der Waals surface area contributed by atoms with Crippen LogP contribution in [0.15, 0.2) is 28.1 Å². The van der Waals surface area contributed by atoms with Crippen LogP contribution >= 0.6 is 27.3 Å². The van der Waals surface area contributed by atoms with Crippen LogP contribution in [0.4, 0.5) is 0 Å². The molecule has 1 aliphatic rings. The van der Waals surface area contributed by atoms with Gasteiger partial charge in [-0.1, -0.05) is 31.9 Å². The van der Waals surface area contributed by atoms with Crippen molar-refractivity contribution in [3.8, 4) is 0 Å². The third-order valence-corrected chi connectivity index (χ3v) is 6.18. The molecule has 3 rings (SSSR count). The van der Waals surface area contributed by atoms with E-state index in [4.69, 9.17) is 0 Å². The maximum absolute atomic E-state index is 3.73. The zero-order chi connectivity index (χ0) is 13.2. The minimum Gasteiger partial charge on any atom is -0.310 e. The number of hydrogen-bond acceptors (Lipinski definition) is 2. The first-order chi connectivity index (χ1) is 9.31. The van der Waals surface area contributed by atoms with Gasteiger partial charge in [-0.25, -0.2) is 0 Å². The van der Waals surface area contributed by atoms with Gasteiger partial charge in [0, 0.05) is 15.2 Å². The fourth-order valence-corrected chi connectivity index (χ4v) is 4.98. The lowest BCUT2D eigenvalue weighted by molar-refractivity contribution is 0.377. The van der Waals surface area contributed by atoms with E-state index >= 15 is 0 Å². The van der Waals surface area contributed by atoms with E-state index in [0.717, 1.165) is 12.5 Å². The molecule has 1 aromatic carbocycles. The second-order valence-electron chi connectivity index (χ2n) is 5.39. The molecule has 1 aliphatic carbocycles. The molecule has 1 saturated carbocycles. The maximum atomic E-state index is 3.73. The molecular formula is C16H20BrNS. The quantitative estimate of drug-likeness (QED) is 0.776. The van der Waals surface area contributed by atoms with E-state index in [0.29, 0.717) is 6.04 Å². The predicted octanol–water partition coefficient (Wildman–Crippen LogP) is 5.50. The SMILES string of the molecule is CCNC(c1csc2c(Br)cccc12)C1CCCC1. The molecule has 1 nitrogen and oxygen atoms in total. The van der Waals surface area contributed by atoms with Crippen LogP contribution in [0.1, 0.15) is 44.2 Å². The lowest BCUT2D eigenvalue weighted by atomic mass is 9.91. The van der Waals surface area contributed by atoms with Crippen LogP contribution in [0.5, 0.6) is 0 Å². The number of rotatable bonds is 4. The number of thiophene rings is 1. The molecule has 0 amide bonds. The molecule has 19 heavy (non-hydrogen) atoms. The second-order valence-corrected chi connectivity index (χ2v) is 7.12. The number of halogens is 1. The first kappa shape index (κ1) is 13.6. The normalized spacial score (nSPS) is 18.2. The Bertz CT molecular complexity index is 557. The maximum Gasteiger partial charge on any atom is 0.0488 e. The van der Waals surface area contributed by atoms with Crippen LogP contribution in [0, 0.1) is 5.92 Å². The van der Waals surface area contributed by atoms with Crippen LogP contribution < -0.4 is 5.32 Å². The average Bonchev–Trinajstić information content (AvgIpc) is 3.06. The van der Waals surface area contributed by atoms with Gasteiger partial charge < -0.3 is 5.32 Å². The van der Waals surface area contributed by atoms with Crippen LogP contribution in [0.3, 0.4) is 0 Å². The molecule has 1 fully saturated rings. The van der Waals surface area contributed by atoms with Crippen molar-refractivity contribution in [2.45, 2.75) is 38.6 Å². The van der Waals surface area contributed by atoms with Gasteiger partial charge in [-0.15, -0.1) is 11.3 Å². The fourth-order valence-electron chi connectivity index (χ4n) is 3.32. The summed E-state index contributed by atoms with van der Waals surface area (Å²) >= 11 is 5.54. The largest absolute Gasteiger partial charge is 0.310 e. The predicted molar refractivity (Wildman–Crippen MR) is 87.9 cm³/mol. The standard InChI is InChI=1S/C16H20BrNS/c1-2-18-15(11-6-3-4-7-11)13-10-19-16-12(13)8-5-9-14(16)17/h5,8-11,15,18H,2-4,6-7H2,1H3. The van der Waals surface area contributed by atoms with Crippen LogP contribution in [-0.4, -0.2) is 6.54 Å². The summed E-state index contributed by atoms with van der Waals surface area (Å²) < 4.78 is 2.61. The Morgan fingerprint density at radius 1 is 1.37 bits per heavy atom. The van der Waals surface area contributed by atoms with Gasteiger partial charge >= 0.3 is 0 Å². The van der Waals surface area contributed by atoms with Crippen LogP contribution in [-0.2, 0) is 0 Å². The number of fused-ring (bicyclic) bond motifs is 1. The van der Waals surface area contributed by atoms with Gasteiger partial charge in [0.1, 0.15) is 0 Å². The highest BCUT2D eigenvalue weighted by Gasteiger charge is 2.27. The lowest BCUT2D eigenvalue weighted by Gasteiger charge is -2.24. The van der Waals surface area contributed by atoms with E-state index in [1.807, 2.05) is 11.3 Å². The van der Waals surface area contributed by atoms with E-state index in [1.54, 1.807) is 0 Å². The van der Waals surface area contributed by atoms with Crippen molar-refractivity contribution in [3.05, 3.63) is 33.6 Å². The van der Waals surface area contributed by atoms with E-state index in [9.17, 15) is 0 Å². The molecule has 0 radical (unpaired) electrons. The Morgan fingerprint density at radius 2 is 2.16 bits per heavy atom. The summed E-state index contributed by atoms with van der Waals surface area (Å²) in [6, 6.07) is 7.10. The molecule has 102 valence electrons. The first-order valence-electron chi connectivity index (χ1n) is 7.20. The summed E-state index contributed by atoms with van der Waals surface area (Å²) in [7, 11) is 0. The van der Waals surface area contributed by atoms with E-state index in [-0.39, 0.29) is 0 Å². The Balaban J connectivity index is 2.02. The zero-order valence-corrected chi connectivity index (χ0v) is 13.7. The number of nitrogens with one attached hydrogen (secondary N) is 1. The summed E-state index contributed by atoms with van der Waals surface area (Å²) in [5, 5.41) is 7.52. The Kier molecular flexibility index (Phi) is 4.25. The van der Waals surface area contributed by atoms with Gasteiger partial charge in [-0.3, -0.25) is 0 Å². The van der Waals surface area contributed by atoms with Gasteiger partial charge in [0.15, 0.2) is 0 Å². The molecule has 1 aromatic heterocycles. The van der Waals surface area contributed by atoms with Crippen molar-refractivity contribution in [1.29, 1.82) is 0 Å². The van der Waals surface area contributed by atoms with Crippen molar-refractivity contribution < 1.29 is 0 Å². The molecule has 1 N–H and O–H groups in total. The summed E-state index contributed by atoms with van der Waals surface area (Å²) in [4.78, 5) is 0. The number of hydrogen-bond donors (Lipinski definition) is 1. The molecule has 1 heterocycles. The summed E-state index contributed by atoms with van der Waals surface area (Å²) in [6.07, 6.45) is 5.56. The smallest absolute Gasteiger partial charge is 0.0488 e. The monoisotopic (exact) mass is 337 g/mol. The van der Waals surface area contributed by atoms with Gasteiger partial charge in [-0.2, -0.15) is 0 Å². The van der Waals surface area contributed by atoms with Crippen LogP contribution in [0.25, 0.3) is 10.1 Å². The first-order valence-corrected chi connectivity index (χ1v) is 8.87. The Hall–Kier alpha value is -0.380. The van der Waals surface area contributed by atoms with Crippen molar-refractivity contribution >= 4 is 37.4 Å². The molecule has 0 aliphatic heterocycles. The second kappa shape index (κ2) is 5.94. The van der Waals surface area contributed by atoms with E-state index < -0.39 is 0 Å². The van der Waals surface area contributed by atoms with Gasteiger partial charge in [0.05, 0.1) is 0 Å². The summed E-state index contributed by atoms with van der Waals surface area (Å²) in [6.45, 7) is 3.26. The number of benzene rings is 1. The Labute approximate surface area is 127 Å². The molecule has 0 saturated heterocycles. The van der Waals surface area contributed by atoms with Crippen molar-refractivity contribution in [1.82, 2.24) is 5.32 Å². The summed E-state index contributed by atoms with van der Waals surface area (Å²) in [5.74, 6) is 0.816. The third-order valence-electron chi connectivity index (χ3n) is 4.21. The molecule has 0 spiro atoms. The highest BCUT2D eigenvalue weighted by molar-refractivity contribution is 9.10. The molecule has 2 aromatic rings. The van der Waals surface area contributed by atoms with Gasteiger partial charge in [0.25, 0.3) is 0 Å². The van der Waals surface area contributed by atoms with Gasteiger partial charge in [0.2, 0.25) is 0 Å². The van der Waals surface area contributed by atoms with Crippen LogP contribution in [0.2, 0.25) is 0 Å². The molecule has 0 bridgehead atoms. The highest BCUT2D eigenvalue weighted by Crippen LogP contribution is 2.41. The third kappa shape index (κ3) is 2.61. The molecule has 3 heteroatoms. The van der Waals surface area contributed by atoms with Crippen molar-refractivity contribution in [2.24, 2.45) is 5.92 Å². The van der Waals surface area contributed by atoms with E-state index in [2.05, 4.69) is 51.7 Å². The minimum atomic E-state index is 0.538. The topological polar surface area (TPSA) is 12.0 Å².